The van der Waals surface area contributed by atoms with Crippen LogP contribution in [-0.4, -0.2) is 52.6 Å². The molecule has 5 nitrogen and oxygen atoms in total. The van der Waals surface area contributed by atoms with Crippen molar-refractivity contribution in [2.24, 2.45) is 5.92 Å². The number of hydrogen-bond acceptors (Lipinski definition) is 6. The van der Waals surface area contributed by atoms with E-state index in [9.17, 15) is 0 Å². The maximum absolute atomic E-state index is 6.46. The molecule has 2 aliphatic rings. The van der Waals surface area contributed by atoms with Gasteiger partial charge in [0.2, 0.25) is 11.8 Å². The van der Waals surface area contributed by atoms with Crippen molar-refractivity contribution in [2.75, 3.05) is 33.2 Å². The average molecular weight is 559 g/mol. The van der Waals surface area contributed by atoms with Crippen molar-refractivity contribution < 1.29 is 4.42 Å². The summed E-state index contributed by atoms with van der Waals surface area (Å²) >= 11 is 8.28. The van der Waals surface area contributed by atoms with E-state index >= 15 is 0 Å². The number of likely N-dealkylation sites (tertiary alicyclic amines) is 1. The van der Waals surface area contributed by atoms with Crippen molar-refractivity contribution in [2.45, 2.75) is 41.9 Å². The number of halogens is 1. The molecule has 39 heavy (non-hydrogen) atoms. The summed E-state index contributed by atoms with van der Waals surface area (Å²) < 4.78 is 8.48. The number of rotatable bonds is 10. The highest BCUT2D eigenvalue weighted by atomic mass is 35.5. The van der Waals surface area contributed by atoms with E-state index in [1.807, 2.05) is 36.2 Å². The second-order valence-corrected chi connectivity index (χ2v) is 12.7. The molecule has 1 aliphatic carbocycles. The Labute approximate surface area is 240 Å². The van der Waals surface area contributed by atoms with Gasteiger partial charge in [-0.15, -0.1) is 10.2 Å². The van der Waals surface area contributed by atoms with E-state index < -0.39 is 0 Å². The third-order valence-electron chi connectivity index (χ3n) is 8.24. The van der Waals surface area contributed by atoms with E-state index in [-0.39, 0.29) is 5.41 Å². The minimum Gasteiger partial charge on any atom is -0.425 e. The van der Waals surface area contributed by atoms with Crippen LogP contribution in [0.5, 0.6) is 0 Å². The van der Waals surface area contributed by atoms with E-state index in [2.05, 4.69) is 87.1 Å². The maximum atomic E-state index is 6.46. The Hall–Kier alpha value is -2.64. The van der Waals surface area contributed by atoms with E-state index in [1.54, 1.807) is 0 Å². The lowest BCUT2D eigenvalue weighted by molar-refractivity contribution is 0.186. The smallest absolute Gasteiger partial charge is 0.220 e. The van der Waals surface area contributed by atoms with E-state index in [0.717, 1.165) is 49.9 Å². The molecule has 1 saturated heterocycles. The summed E-state index contributed by atoms with van der Waals surface area (Å²) in [5.74, 6) is 2.48. The molecule has 2 fully saturated rings. The molecule has 7 heteroatoms. The molecule has 0 amide bonds. The van der Waals surface area contributed by atoms with Crippen LogP contribution in [-0.2, 0) is 11.8 Å². The van der Waals surface area contributed by atoms with Gasteiger partial charge in [0.05, 0.1) is 6.42 Å². The van der Waals surface area contributed by atoms with Gasteiger partial charge in [0, 0.05) is 34.3 Å². The Balaban J connectivity index is 1.06. The molecule has 1 aromatic heterocycles. The minimum absolute atomic E-state index is 0.136. The van der Waals surface area contributed by atoms with Crippen molar-refractivity contribution in [1.82, 2.24) is 19.4 Å². The quantitative estimate of drug-likeness (QED) is 0.194. The van der Waals surface area contributed by atoms with E-state index in [4.69, 9.17) is 16.0 Å². The van der Waals surface area contributed by atoms with Crippen molar-refractivity contribution >= 4 is 23.5 Å². The zero-order valence-corrected chi connectivity index (χ0v) is 24.0. The highest BCUT2D eigenvalue weighted by molar-refractivity contribution is 7.97. The van der Waals surface area contributed by atoms with Crippen molar-refractivity contribution in [3.05, 3.63) is 113 Å². The van der Waals surface area contributed by atoms with Crippen LogP contribution < -0.4 is 0 Å². The number of hydrogen-bond donors (Lipinski definition) is 0. The summed E-state index contributed by atoms with van der Waals surface area (Å²) in [6.07, 6.45) is 4.01. The summed E-state index contributed by atoms with van der Waals surface area (Å²) in [5, 5.41) is 9.57. The van der Waals surface area contributed by atoms with Gasteiger partial charge in [0.25, 0.3) is 0 Å². The van der Waals surface area contributed by atoms with Gasteiger partial charge in [-0.1, -0.05) is 72.3 Å². The zero-order chi connectivity index (χ0) is 26.7. The van der Waals surface area contributed by atoms with Gasteiger partial charge in [-0.25, -0.2) is 4.31 Å². The SMILES string of the molecule is CN(CC1(c2cccc(Cl)c2)CC1CN1CCC(c2nnc(Cc3ccccc3)o2)CC1)Sc1ccccc1. The fourth-order valence-electron chi connectivity index (χ4n) is 6.10. The highest BCUT2D eigenvalue weighted by Gasteiger charge is 2.56. The second-order valence-electron chi connectivity index (χ2n) is 11.0. The fourth-order valence-corrected chi connectivity index (χ4v) is 7.22. The van der Waals surface area contributed by atoms with Crippen LogP contribution in [0.1, 0.15) is 48.1 Å². The Bertz CT molecular complexity index is 1360. The van der Waals surface area contributed by atoms with E-state index in [0.29, 0.717) is 24.1 Å². The first-order valence-electron chi connectivity index (χ1n) is 13.9. The Morgan fingerprint density at radius 2 is 1.72 bits per heavy atom. The molecule has 6 rings (SSSR count). The van der Waals surface area contributed by atoms with Crippen LogP contribution in [0.4, 0.5) is 0 Å². The lowest BCUT2D eigenvalue weighted by Crippen LogP contribution is -2.37. The molecular formula is C32H35ClN4OS. The standard InChI is InChI=1S/C32H35ClN4OS/c1-36(39-29-13-6-3-7-14-29)23-32(26-11-8-12-28(33)20-26)21-27(32)22-37-17-15-25(16-18-37)31-35-34-30(38-31)19-24-9-4-2-5-10-24/h2-14,20,25,27H,15-19,21-23H2,1H3. The first kappa shape index (κ1) is 26.6. The summed E-state index contributed by atoms with van der Waals surface area (Å²) in [6, 6.07) is 29.5. The molecule has 1 aliphatic heterocycles. The molecule has 0 radical (unpaired) electrons. The summed E-state index contributed by atoms with van der Waals surface area (Å²) in [6.45, 7) is 4.25. The predicted molar refractivity (Wildman–Crippen MR) is 158 cm³/mol. The lowest BCUT2D eigenvalue weighted by Gasteiger charge is -2.32. The molecular weight excluding hydrogens is 524 g/mol. The third-order valence-corrected chi connectivity index (χ3v) is 9.40. The van der Waals surface area contributed by atoms with Gasteiger partial charge in [0.15, 0.2) is 0 Å². The van der Waals surface area contributed by atoms with Crippen LogP contribution in [0.3, 0.4) is 0 Å². The van der Waals surface area contributed by atoms with Gasteiger partial charge in [-0.3, -0.25) is 0 Å². The van der Waals surface area contributed by atoms with Gasteiger partial charge >= 0.3 is 0 Å². The number of piperidine rings is 1. The van der Waals surface area contributed by atoms with Crippen LogP contribution >= 0.6 is 23.5 Å². The molecule has 2 unspecified atom stereocenters. The Morgan fingerprint density at radius 3 is 2.46 bits per heavy atom. The topological polar surface area (TPSA) is 45.4 Å². The molecule has 202 valence electrons. The zero-order valence-electron chi connectivity index (χ0n) is 22.4. The number of benzene rings is 3. The maximum Gasteiger partial charge on any atom is 0.220 e. The molecule has 3 aromatic carbocycles. The Kier molecular flexibility index (Phi) is 8.07. The summed E-state index contributed by atoms with van der Waals surface area (Å²) in [7, 11) is 2.21. The van der Waals surface area contributed by atoms with Crippen LogP contribution in [0.2, 0.25) is 5.02 Å². The minimum atomic E-state index is 0.136. The average Bonchev–Trinajstić information content (AvgIpc) is 3.42. The molecule has 1 saturated carbocycles. The fraction of sp³-hybridized carbons (Fsp3) is 0.375. The van der Waals surface area contributed by atoms with Crippen LogP contribution in [0.15, 0.2) is 94.2 Å². The van der Waals surface area contributed by atoms with Gasteiger partial charge < -0.3 is 9.32 Å². The van der Waals surface area contributed by atoms with E-state index in [1.165, 1.54) is 22.4 Å². The number of aromatic nitrogens is 2. The third kappa shape index (κ3) is 6.41. The molecule has 2 heterocycles. The summed E-state index contributed by atoms with van der Waals surface area (Å²) in [4.78, 5) is 3.91. The number of likely N-dealkylation sites (N-methyl/N-ethyl adjacent to an activating group) is 1. The normalized spacial score (nSPS) is 21.9. The molecule has 2 atom stereocenters. The van der Waals surface area contributed by atoms with Crippen LogP contribution in [0, 0.1) is 5.92 Å². The monoisotopic (exact) mass is 558 g/mol. The molecule has 0 spiro atoms. The summed E-state index contributed by atoms with van der Waals surface area (Å²) in [5.41, 5.74) is 2.70. The first-order chi connectivity index (χ1) is 19.1. The molecule has 0 N–H and O–H groups in total. The van der Waals surface area contributed by atoms with Gasteiger partial charge in [-0.05, 0) is 92.7 Å². The molecule has 0 bridgehead atoms. The highest BCUT2D eigenvalue weighted by Crippen LogP contribution is 2.56. The van der Waals surface area contributed by atoms with Crippen LogP contribution in [0.25, 0.3) is 0 Å². The lowest BCUT2D eigenvalue weighted by atomic mass is 9.92. The largest absolute Gasteiger partial charge is 0.425 e. The molecule has 4 aromatic rings. The first-order valence-corrected chi connectivity index (χ1v) is 15.0. The Morgan fingerprint density at radius 1 is 0.974 bits per heavy atom. The number of nitrogens with zero attached hydrogens (tertiary/aromatic N) is 4. The van der Waals surface area contributed by atoms with Crippen molar-refractivity contribution in [1.29, 1.82) is 0 Å². The van der Waals surface area contributed by atoms with Gasteiger partial charge in [-0.2, -0.15) is 0 Å². The van der Waals surface area contributed by atoms with Crippen molar-refractivity contribution in [3.63, 3.8) is 0 Å². The van der Waals surface area contributed by atoms with Crippen molar-refractivity contribution in [3.8, 4) is 0 Å². The second kappa shape index (κ2) is 11.8. The van der Waals surface area contributed by atoms with Gasteiger partial charge in [0.1, 0.15) is 0 Å². The predicted octanol–water partition coefficient (Wildman–Crippen LogP) is 7.09.